The van der Waals surface area contributed by atoms with Crippen LogP contribution < -0.4 is 5.32 Å². The maximum Gasteiger partial charge on any atom is 0.194 e. The fourth-order valence-electron chi connectivity index (χ4n) is 2.86. The Morgan fingerprint density at radius 3 is 3.15 bits per heavy atom. The number of aromatic hydroxyl groups is 1. The average Bonchev–Trinajstić information content (AvgIpc) is 2.94. The molecule has 1 aliphatic rings. The summed E-state index contributed by atoms with van der Waals surface area (Å²) in [4.78, 5) is 4.21. The van der Waals surface area contributed by atoms with Crippen molar-refractivity contribution >= 4 is 0 Å². The molecule has 1 unspecified atom stereocenters. The van der Waals surface area contributed by atoms with Gasteiger partial charge in [-0.05, 0) is 36.5 Å². The summed E-state index contributed by atoms with van der Waals surface area (Å²) in [7, 11) is 0. The molecule has 0 spiro atoms. The molecule has 2 aromatic rings. The molecule has 0 amide bonds. The minimum Gasteiger partial charge on any atom is -0.508 e. The van der Waals surface area contributed by atoms with E-state index in [4.69, 9.17) is 4.42 Å². The molecule has 1 heterocycles. The van der Waals surface area contributed by atoms with Gasteiger partial charge in [0.1, 0.15) is 11.5 Å². The molecule has 2 N–H and O–H groups in total. The number of nitrogens with zero attached hydrogens (tertiary/aromatic N) is 1. The molecule has 1 aromatic heterocycles. The summed E-state index contributed by atoms with van der Waals surface area (Å²) in [5, 5.41) is 13.5. The molecule has 1 atom stereocenters. The number of rotatable bonds is 4. The number of phenolic OH excluding ortho intramolecular Hbond substituents is 1. The first kappa shape index (κ1) is 13.2. The molecule has 1 aliphatic carbocycles. The van der Waals surface area contributed by atoms with Gasteiger partial charge in [-0.3, -0.25) is 0 Å². The first-order chi connectivity index (χ1) is 9.78. The van der Waals surface area contributed by atoms with Crippen molar-refractivity contribution in [2.75, 3.05) is 0 Å². The van der Waals surface area contributed by atoms with Gasteiger partial charge in [0.2, 0.25) is 0 Å². The smallest absolute Gasteiger partial charge is 0.194 e. The zero-order valence-electron chi connectivity index (χ0n) is 11.7. The van der Waals surface area contributed by atoms with Crippen LogP contribution in [0, 0.1) is 0 Å². The number of nitrogens with one attached hydrogen (secondary N) is 1. The summed E-state index contributed by atoms with van der Waals surface area (Å²) >= 11 is 0. The predicted octanol–water partition coefficient (Wildman–Crippen LogP) is 3.11. The van der Waals surface area contributed by atoms with E-state index in [-0.39, 0.29) is 6.04 Å². The molecule has 4 nitrogen and oxygen atoms in total. The van der Waals surface area contributed by atoms with Gasteiger partial charge in [-0.1, -0.05) is 19.1 Å². The second-order valence-corrected chi connectivity index (χ2v) is 5.24. The van der Waals surface area contributed by atoms with Crippen molar-refractivity contribution in [1.29, 1.82) is 0 Å². The normalized spacial score (nSPS) is 17.9. The van der Waals surface area contributed by atoms with Gasteiger partial charge in [0, 0.05) is 12.5 Å². The number of fused-ring (bicyclic) bond motifs is 1. The quantitative estimate of drug-likeness (QED) is 0.898. The van der Waals surface area contributed by atoms with Crippen LogP contribution in [0.25, 0.3) is 0 Å². The molecular formula is C16H20N2O2. The second kappa shape index (κ2) is 5.67. The Labute approximate surface area is 118 Å². The SMILES string of the molecule is CCc1ncc(CNC2CCCc3c(O)cccc32)o1. The van der Waals surface area contributed by atoms with Crippen molar-refractivity contribution < 1.29 is 9.52 Å². The van der Waals surface area contributed by atoms with Crippen molar-refractivity contribution in [3.63, 3.8) is 0 Å². The number of hydrogen-bond acceptors (Lipinski definition) is 4. The van der Waals surface area contributed by atoms with Gasteiger partial charge >= 0.3 is 0 Å². The van der Waals surface area contributed by atoms with Crippen molar-refractivity contribution in [3.8, 4) is 5.75 Å². The van der Waals surface area contributed by atoms with Crippen molar-refractivity contribution in [3.05, 3.63) is 47.2 Å². The number of phenols is 1. The van der Waals surface area contributed by atoms with Crippen LogP contribution in [0.2, 0.25) is 0 Å². The van der Waals surface area contributed by atoms with Gasteiger partial charge in [-0.2, -0.15) is 0 Å². The molecule has 0 fully saturated rings. The summed E-state index contributed by atoms with van der Waals surface area (Å²) in [5.41, 5.74) is 2.30. The molecule has 0 bridgehead atoms. The molecule has 0 saturated carbocycles. The van der Waals surface area contributed by atoms with E-state index in [9.17, 15) is 5.11 Å². The van der Waals surface area contributed by atoms with E-state index in [1.54, 1.807) is 12.3 Å². The fourth-order valence-corrected chi connectivity index (χ4v) is 2.86. The Morgan fingerprint density at radius 2 is 2.35 bits per heavy atom. The van der Waals surface area contributed by atoms with E-state index in [0.29, 0.717) is 12.3 Å². The molecular weight excluding hydrogens is 252 g/mol. The molecule has 0 aliphatic heterocycles. The number of benzene rings is 1. The van der Waals surface area contributed by atoms with Crippen LogP contribution in [0.3, 0.4) is 0 Å². The van der Waals surface area contributed by atoms with E-state index in [1.807, 2.05) is 13.0 Å². The number of aromatic nitrogens is 1. The Balaban J connectivity index is 1.71. The minimum absolute atomic E-state index is 0.279. The molecule has 106 valence electrons. The topological polar surface area (TPSA) is 58.3 Å². The molecule has 0 radical (unpaired) electrons. The van der Waals surface area contributed by atoms with E-state index >= 15 is 0 Å². The van der Waals surface area contributed by atoms with Gasteiger partial charge in [0.15, 0.2) is 5.89 Å². The molecule has 0 saturated heterocycles. The summed E-state index contributed by atoms with van der Waals surface area (Å²) in [6.07, 6.45) is 5.75. The molecule has 4 heteroatoms. The Morgan fingerprint density at radius 1 is 1.45 bits per heavy atom. The maximum atomic E-state index is 9.94. The van der Waals surface area contributed by atoms with Gasteiger partial charge in [0.25, 0.3) is 0 Å². The number of aryl methyl sites for hydroxylation is 1. The summed E-state index contributed by atoms with van der Waals surface area (Å²) in [6, 6.07) is 6.06. The van der Waals surface area contributed by atoms with Gasteiger partial charge in [0.05, 0.1) is 12.7 Å². The second-order valence-electron chi connectivity index (χ2n) is 5.24. The summed E-state index contributed by atoms with van der Waals surface area (Å²) in [5.74, 6) is 2.07. The number of oxazole rings is 1. The highest BCUT2D eigenvalue weighted by molar-refractivity contribution is 5.42. The first-order valence-corrected chi connectivity index (χ1v) is 7.25. The van der Waals surface area contributed by atoms with Crippen LogP contribution in [0.5, 0.6) is 5.75 Å². The number of hydrogen-bond donors (Lipinski definition) is 2. The molecule has 1 aromatic carbocycles. The highest BCUT2D eigenvalue weighted by Gasteiger charge is 2.22. The lowest BCUT2D eigenvalue weighted by atomic mass is 9.87. The van der Waals surface area contributed by atoms with Crippen LogP contribution >= 0.6 is 0 Å². The minimum atomic E-state index is 0.279. The van der Waals surface area contributed by atoms with Crippen LogP contribution in [-0.2, 0) is 19.4 Å². The van der Waals surface area contributed by atoms with Crippen molar-refractivity contribution in [2.45, 2.75) is 45.2 Å². The standard InChI is InChI=1S/C16H20N2O2/c1-2-16-18-10-11(20-16)9-17-14-7-3-6-13-12(14)5-4-8-15(13)19/h4-5,8,10,14,17,19H,2-3,6-7,9H2,1H3. The zero-order valence-corrected chi connectivity index (χ0v) is 11.7. The van der Waals surface area contributed by atoms with Gasteiger partial charge < -0.3 is 14.8 Å². The highest BCUT2D eigenvalue weighted by atomic mass is 16.4. The average molecular weight is 272 g/mol. The van der Waals surface area contributed by atoms with Crippen molar-refractivity contribution in [2.24, 2.45) is 0 Å². The maximum absolute atomic E-state index is 9.94. The van der Waals surface area contributed by atoms with Crippen LogP contribution in [0.4, 0.5) is 0 Å². The summed E-state index contributed by atoms with van der Waals surface area (Å²) in [6.45, 7) is 2.70. The third-order valence-electron chi connectivity index (χ3n) is 3.91. The van der Waals surface area contributed by atoms with Crippen molar-refractivity contribution in [1.82, 2.24) is 10.3 Å². The Bertz CT molecular complexity index is 592. The zero-order chi connectivity index (χ0) is 13.9. The molecule has 20 heavy (non-hydrogen) atoms. The van der Waals surface area contributed by atoms with E-state index in [1.165, 1.54) is 5.56 Å². The highest BCUT2D eigenvalue weighted by Crippen LogP contribution is 2.34. The lowest BCUT2D eigenvalue weighted by Gasteiger charge is -2.26. The third-order valence-corrected chi connectivity index (χ3v) is 3.91. The predicted molar refractivity (Wildman–Crippen MR) is 76.5 cm³/mol. The third kappa shape index (κ3) is 2.56. The van der Waals surface area contributed by atoms with Crippen LogP contribution in [0.15, 0.2) is 28.8 Å². The Hall–Kier alpha value is -1.81. The van der Waals surface area contributed by atoms with Gasteiger partial charge in [-0.25, -0.2) is 4.98 Å². The monoisotopic (exact) mass is 272 g/mol. The first-order valence-electron chi connectivity index (χ1n) is 7.25. The lowest BCUT2D eigenvalue weighted by Crippen LogP contribution is -2.24. The summed E-state index contributed by atoms with van der Waals surface area (Å²) < 4.78 is 5.61. The fraction of sp³-hybridized carbons (Fsp3) is 0.438. The largest absolute Gasteiger partial charge is 0.508 e. The van der Waals surface area contributed by atoms with Crippen LogP contribution in [0.1, 0.15) is 48.6 Å². The molecule has 3 rings (SSSR count). The lowest BCUT2D eigenvalue weighted by molar-refractivity contribution is 0.395. The van der Waals surface area contributed by atoms with Gasteiger partial charge in [-0.15, -0.1) is 0 Å². The van der Waals surface area contributed by atoms with E-state index < -0.39 is 0 Å². The van der Waals surface area contributed by atoms with Crippen LogP contribution in [-0.4, -0.2) is 10.1 Å². The van der Waals surface area contributed by atoms with E-state index in [2.05, 4.69) is 16.4 Å². The Kier molecular flexibility index (Phi) is 3.74. The van der Waals surface area contributed by atoms with E-state index in [0.717, 1.165) is 42.9 Å².